The van der Waals surface area contributed by atoms with Crippen LogP contribution in [0, 0.1) is 0 Å². The lowest BCUT2D eigenvalue weighted by Crippen LogP contribution is -2.21. The molecule has 0 fully saturated rings. The minimum absolute atomic E-state index is 0.00895. The predicted molar refractivity (Wildman–Crippen MR) is 81.2 cm³/mol. The van der Waals surface area contributed by atoms with Crippen LogP contribution >= 0.6 is 0 Å². The van der Waals surface area contributed by atoms with Crippen LogP contribution in [-0.4, -0.2) is 36.9 Å². The monoisotopic (exact) mass is 316 g/mol. The molecule has 0 saturated heterocycles. The highest BCUT2D eigenvalue weighted by Crippen LogP contribution is 2.34. The molecule has 1 aromatic carbocycles. The lowest BCUT2D eigenvalue weighted by molar-refractivity contribution is -0.135. The van der Waals surface area contributed by atoms with E-state index in [-0.39, 0.29) is 46.0 Å². The number of ketones is 2. The molecule has 0 aliphatic heterocycles. The third kappa shape index (κ3) is 3.01. The summed E-state index contributed by atoms with van der Waals surface area (Å²) in [6, 6.07) is 4.34. The molecule has 1 aliphatic carbocycles. The molecule has 0 spiro atoms. The first-order valence-electron chi connectivity index (χ1n) is 6.84. The van der Waals surface area contributed by atoms with Gasteiger partial charge in [-0.2, -0.15) is 0 Å². The molecular weight excluding hydrogens is 300 g/mol. The normalized spacial score (nSPS) is 14.7. The molecule has 0 aromatic heterocycles. The van der Waals surface area contributed by atoms with Gasteiger partial charge in [0.05, 0.1) is 25.9 Å². The van der Waals surface area contributed by atoms with Crippen LogP contribution in [0.1, 0.15) is 34.1 Å². The van der Waals surface area contributed by atoms with Crippen LogP contribution in [0.4, 0.5) is 0 Å². The van der Waals surface area contributed by atoms with Gasteiger partial charge in [-0.15, -0.1) is 0 Å². The molecule has 120 valence electrons. The largest absolute Gasteiger partial charge is 0.507 e. The van der Waals surface area contributed by atoms with Gasteiger partial charge in [0.2, 0.25) is 0 Å². The Morgan fingerprint density at radius 1 is 1.17 bits per heavy atom. The molecule has 0 saturated carbocycles. The fourth-order valence-electron chi connectivity index (χ4n) is 2.38. The van der Waals surface area contributed by atoms with E-state index in [2.05, 4.69) is 4.74 Å². The molecule has 23 heavy (non-hydrogen) atoms. The van der Waals surface area contributed by atoms with Gasteiger partial charge in [-0.3, -0.25) is 9.59 Å². The number of methoxy groups -OCH3 is 2. The van der Waals surface area contributed by atoms with Gasteiger partial charge in [0.15, 0.2) is 11.6 Å². The van der Waals surface area contributed by atoms with Crippen molar-refractivity contribution in [2.45, 2.75) is 13.3 Å². The number of esters is 1. The lowest BCUT2D eigenvalue weighted by atomic mass is 9.82. The van der Waals surface area contributed by atoms with Crippen LogP contribution in [0.15, 0.2) is 41.2 Å². The van der Waals surface area contributed by atoms with E-state index in [1.54, 1.807) is 0 Å². The lowest BCUT2D eigenvalue weighted by Gasteiger charge is -2.20. The number of carbonyl (C=O) groups is 3. The van der Waals surface area contributed by atoms with Crippen LogP contribution < -0.4 is 0 Å². The predicted octanol–water partition coefficient (Wildman–Crippen LogP) is 2.18. The Labute approximate surface area is 133 Å². The van der Waals surface area contributed by atoms with Crippen molar-refractivity contribution in [2.24, 2.45) is 0 Å². The number of allylic oxidation sites excluding steroid dienone is 2. The molecule has 1 N–H and O–H groups in total. The fourth-order valence-corrected chi connectivity index (χ4v) is 2.38. The van der Waals surface area contributed by atoms with Crippen LogP contribution in [0.5, 0.6) is 5.75 Å². The quantitative estimate of drug-likeness (QED) is 0.520. The van der Waals surface area contributed by atoms with Gasteiger partial charge in [-0.05, 0) is 13.0 Å². The zero-order chi connectivity index (χ0) is 17.1. The van der Waals surface area contributed by atoms with Crippen molar-refractivity contribution in [3.63, 3.8) is 0 Å². The Kier molecular flexibility index (Phi) is 4.64. The molecule has 6 heteroatoms. The topological polar surface area (TPSA) is 89.9 Å². The minimum atomic E-state index is -0.618. The zero-order valence-corrected chi connectivity index (χ0v) is 13.0. The number of phenols is 1. The first-order chi connectivity index (χ1) is 10.9. The van der Waals surface area contributed by atoms with Gasteiger partial charge in [0.25, 0.3) is 0 Å². The van der Waals surface area contributed by atoms with Crippen molar-refractivity contribution in [1.82, 2.24) is 0 Å². The average molecular weight is 316 g/mol. The first kappa shape index (κ1) is 16.5. The molecule has 1 aromatic rings. The Morgan fingerprint density at radius 2 is 1.87 bits per heavy atom. The smallest absolute Gasteiger partial charge is 0.333 e. The number of fused-ring (bicyclic) bond motifs is 1. The standard InChI is InChI=1S/C17H16O6/c1-9-12(7-10(22-2)8-14(19)23-3)17(21)11-5-4-6-13(18)15(11)16(9)20/h4-6,8,18H,7H2,1-3H3/b10-8-. The van der Waals surface area contributed by atoms with E-state index < -0.39 is 11.8 Å². The summed E-state index contributed by atoms with van der Waals surface area (Å²) in [5.41, 5.74) is 0.598. The fraction of sp³-hybridized carbons (Fsp3) is 0.235. The SMILES string of the molecule is COC(=O)/C=C(/CC1=C(C)C(=O)c2c(O)cccc2C1=O)OC. The second-order valence-electron chi connectivity index (χ2n) is 4.98. The van der Waals surface area contributed by atoms with E-state index >= 15 is 0 Å². The van der Waals surface area contributed by atoms with E-state index in [0.717, 1.165) is 6.08 Å². The molecule has 0 bridgehead atoms. The molecular formula is C17H16O6. The molecule has 2 rings (SSSR count). The number of rotatable bonds is 4. The molecule has 0 amide bonds. The van der Waals surface area contributed by atoms with Crippen LogP contribution in [0.3, 0.4) is 0 Å². The van der Waals surface area contributed by atoms with E-state index in [0.29, 0.717) is 0 Å². The number of aromatic hydroxyl groups is 1. The maximum atomic E-state index is 12.6. The molecule has 0 unspecified atom stereocenters. The number of Topliss-reactive ketones (excluding diaryl/α,β-unsaturated/α-hetero) is 2. The van der Waals surface area contributed by atoms with Crippen molar-refractivity contribution < 1.29 is 29.0 Å². The molecule has 0 radical (unpaired) electrons. The summed E-state index contributed by atoms with van der Waals surface area (Å²) in [6.07, 6.45) is 1.10. The highest BCUT2D eigenvalue weighted by Gasteiger charge is 2.32. The first-order valence-corrected chi connectivity index (χ1v) is 6.84. The molecule has 6 nitrogen and oxygen atoms in total. The van der Waals surface area contributed by atoms with Crippen molar-refractivity contribution in [3.05, 3.63) is 52.3 Å². The zero-order valence-electron chi connectivity index (χ0n) is 13.0. The second kappa shape index (κ2) is 6.48. The highest BCUT2D eigenvalue weighted by molar-refractivity contribution is 6.27. The Morgan fingerprint density at radius 3 is 2.48 bits per heavy atom. The number of benzene rings is 1. The summed E-state index contributed by atoms with van der Waals surface area (Å²) in [5.74, 6) is -1.43. The summed E-state index contributed by atoms with van der Waals surface area (Å²) in [6.45, 7) is 1.51. The minimum Gasteiger partial charge on any atom is -0.507 e. The van der Waals surface area contributed by atoms with Crippen molar-refractivity contribution >= 4 is 17.5 Å². The third-order valence-corrected chi connectivity index (χ3v) is 3.67. The van der Waals surface area contributed by atoms with Gasteiger partial charge in [0.1, 0.15) is 11.5 Å². The average Bonchev–Trinajstić information content (AvgIpc) is 2.55. The summed E-state index contributed by atoms with van der Waals surface area (Å²) < 4.78 is 9.60. The Hall–Kier alpha value is -2.89. The molecule has 1 aliphatic rings. The van der Waals surface area contributed by atoms with Gasteiger partial charge in [-0.1, -0.05) is 12.1 Å². The highest BCUT2D eigenvalue weighted by atomic mass is 16.5. The number of carbonyl (C=O) groups excluding carboxylic acids is 3. The Balaban J connectivity index is 2.46. The van der Waals surface area contributed by atoms with Crippen molar-refractivity contribution in [3.8, 4) is 5.75 Å². The molecule has 0 heterocycles. The van der Waals surface area contributed by atoms with Gasteiger partial charge in [-0.25, -0.2) is 4.79 Å². The maximum Gasteiger partial charge on any atom is 0.333 e. The summed E-state index contributed by atoms with van der Waals surface area (Å²) >= 11 is 0. The van der Waals surface area contributed by atoms with E-state index in [9.17, 15) is 19.5 Å². The third-order valence-electron chi connectivity index (χ3n) is 3.67. The Bertz CT molecular complexity index is 754. The number of phenolic OH excluding ortho intramolecular Hbond substituents is 1. The second-order valence-corrected chi connectivity index (χ2v) is 4.98. The van der Waals surface area contributed by atoms with Crippen LogP contribution in [-0.2, 0) is 14.3 Å². The summed E-state index contributed by atoms with van der Waals surface area (Å²) in [5, 5.41) is 9.83. The van der Waals surface area contributed by atoms with E-state index in [1.165, 1.54) is 39.3 Å². The van der Waals surface area contributed by atoms with Crippen molar-refractivity contribution in [2.75, 3.05) is 14.2 Å². The molecule has 0 atom stereocenters. The van der Waals surface area contributed by atoms with Crippen molar-refractivity contribution in [1.29, 1.82) is 0 Å². The van der Waals surface area contributed by atoms with E-state index in [4.69, 9.17) is 4.74 Å². The van der Waals surface area contributed by atoms with Crippen LogP contribution in [0.25, 0.3) is 0 Å². The van der Waals surface area contributed by atoms with Gasteiger partial charge in [0, 0.05) is 23.1 Å². The van der Waals surface area contributed by atoms with Gasteiger partial charge < -0.3 is 14.6 Å². The van der Waals surface area contributed by atoms with E-state index in [1.807, 2.05) is 0 Å². The maximum absolute atomic E-state index is 12.6. The number of hydrogen-bond acceptors (Lipinski definition) is 6. The number of ether oxygens (including phenoxy) is 2. The summed E-state index contributed by atoms with van der Waals surface area (Å²) in [7, 11) is 2.59. The van der Waals surface area contributed by atoms with Gasteiger partial charge >= 0.3 is 5.97 Å². The summed E-state index contributed by atoms with van der Waals surface area (Å²) in [4.78, 5) is 36.3. The number of hydrogen-bond donors (Lipinski definition) is 1. The van der Waals surface area contributed by atoms with Crippen LogP contribution in [0.2, 0.25) is 0 Å².